The largest absolute Gasteiger partial charge is 0.420 e. The Hall–Kier alpha value is -2.14. The second kappa shape index (κ2) is 17.6. The molecule has 4 nitrogen and oxygen atoms in total. The van der Waals surface area contributed by atoms with Crippen molar-refractivity contribution in [1.29, 1.82) is 0 Å². The highest BCUT2D eigenvalue weighted by Crippen LogP contribution is 2.94. The first-order valence-electron chi connectivity index (χ1n) is 22.8. The van der Waals surface area contributed by atoms with Gasteiger partial charge in [0.2, 0.25) is 11.8 Å². The van der Waals surface area contributed by atoms with Gasteiger partial charge in [-0.05, 0) is 168 Å². The van der Waals surface area contributed by atoms with Gasteiger partial charge in [0.15, 0.2) is 0 Å². The van der Waals surface area contributed by atoms with Gasteiger partial charge in [0, 0.05) is 16.0 Å². The third-order valence-electron chi connectivity index (χ3n) is 15.4. The first-order chi connectivity index (χ1) is 26.6. The number of rotatable bonds is 8. The number of fused-ring (bicyclic) bond motifs is 3. The molecule has 7 aliphatic carbocycles. The monoisotopic (exact) mass is 783 g/mol. The van der Waals surface area contributed by atoms with Crippen molar-refractivity contribution in [1.82, 2.24) is 10.2 Å². The summed E-state index contributed by atoms with van der Waals surface area (Å²) in [5.41, 5.74) is 7.88. The molecule has 1 heterocycles. The Morgan fingerprint density at radius 2 is 1.70 bits per heavy atom. The van der Waals surface area contributed by atoms with Gasteiger partial charge < -0.3 is 9.21 Å². The van der Waals surface area contributed by atoms with E-state index in [4.69, 9.17) is 29.0 Å². The van der Waals surface area contributed by atoms with E-state index in [9.17, 15) is 4.79 Å². The molecule has 0 N–H and O–H groups in total. The fourth-order valence-electron chi connectivity index (χ4n) is 13.7. The molecule has 308 valence electrons. The molecule has 0 bridgehead atoms. The lowest BCUT2D eigenvalue weighted by molar-refractivity contribution is -0.114. The van der Waals surface area contributed by atoms with E-state index in [0.717, 1.165) is 92.2 Å². The predicted molar refractivity (Wildman–Crippen MR) is 238 cm³/mol. The van der Waals surface area contributed by atoms with Crippen LogP contribution in [0.25, 0.3) is 5.57 Å². The number of nitrogens with zero attached hydrogens (tertiary/aromatic N) is 2. The van der Waals surface area contributed by atoms with Crippen LogP contribution in [0, 0.1) is 45.8 Å². The van der Waals surface area contributed by atoms with E-state index in [1.807, 2.05) is 47.6 Å². The number of hydrogen-bond acceptors (Lipinski definition) is 4. The average Bonchev–Trinajstić information content (AvgIpc) is 3.90. The maximum absolute atomic E-state index is 10.5. The topological polar surface area (TPSA) is 56.0 Å². The molecule has 8 atom stereocenters. The van der Waals surface area contributed by atoms with Crippen LogP contribution in [0.4, 0.5) is 0 Å². The van der Waals surface area contributed by atoms with Gasteiger partial charge in [0.05, 0.1) is 13.3 Å². The number of halogens is 1. The van der Waals surface area contributed by atoms with E-state index in [1.54, 1.807) is 5.57 Å². The minimum atomic E-state index is -0.247. The van der Waals surface area contributed by atoms with Crippen LogP contribution in [0.2, 0.25) is 5.31 Å². The molecule has 0 saturated heterocycles. The van der Waals surface area contributed by atoms with Gasteiger partial charge in [-0.25, -0.2) is 0 Å². The SMILES string of the molecule is C/C=C(\C)Cl.CC.CC/C=C(/C)CC(C)(C)C=O.[B]C12CCC3C45CCC(C)C4CCC35C1CCC1(c3nnc(C4=CCCC4)o3)C/C(=C/CC)C(C(C)C)=C12. The summed E-state index contributed by atoms with van der Waals surface area (Å²) >= 11 is 5.32. The van der Waals surface area contributed by atoms with Crippen LogP contribution >= 0.6 is 11.6 Å². The highest BCUT2D eigenvalue weighted by atomic mass is 35.5. The molecule has 0 aromatic carbocycles. The van der Waals surface area contributed by atoms with Crippen LogP contribution in [-0.2, 0) is 10.2 Å². The zero-order valence-electron chi connectivity index (χ0n) is 37.5. The summed E-state index contributed by atoms with van der Waals surface area (Å²) in [5, 5.41) is 10.1. The predicted octanol–water partition coefficient (Wildman–Crippen LogP) is 14.7. The van der Waals surface area contributed by atoms with Crippen molar-refractivity contribution >= 4 is 31.3 Å². The first kappa shape index (κ1) is 45.0. The third-order valence-corrected chi connectivity index (χ3v) is 15.7. The van der Waals surface area contributed by atoms with Crippen LogP contribution < -0.4 is 0 Å². The minimum absolute atomic E-state index is 0.185. The average molecular weight is 783 g/mol. The van der Waals surface area contributed by atoms with Crippen LogP contribution in [0.15, 0.2) is 56.0 Å². The van der Waals surface area contributed by atoms with Gasteiger partial charge >= 0.3 is 0 Å². The van der Waals surface area contributed by atoms with Crippen molar-refractivity contribution in [3.8, 4) is 0 Å². The summed E-state index contributed by atoms with van der Waals surface area (Å²) in [5.74, 6) is 5.50. The molecule has 6 heteroatoms. The van der Waals surface area contributed by atoms with Crippen molar-refractivity contribution in [3.05, 3.63) is 63.4 Å². The van der Waals surface area contributed by atoms with E-state index < -0.39 is 0 Å². The fourth-order valence-corrected chi connectivity index (χ4v) is 13.7. The lowest BCUT2D eigenvalue weighted by atomic mass is 9.40. The van der Waals surface area contributed by atoms with Crippen LogP contribution in [0.5, 0.6) is 0 Å². The summed E-state index contributed by atoms with van der Waals surface area (Å²) in [6, 6.07) is 0. The number of aldehydes is 1. The maximum atomic E-state index is 10.5. The van der Waals surface area contributed by atoms with E-state index in [2.05, 4.69) is 64.9 Å². The number of aromatic nitrogens is 2. The standard InChI is InChI=1S/C34H45BN2O.C10H18O.C4H7Cl.C2H6/c1-5-8-23-19-31(30-37-36-29(38-30)22-9-6-7-10-22)15-13-26-33-17-12-24-21(4)11-16-32(24,33)25(33)14-18-34(26,35)28(31)27(23)20(2)3;1-5-6-9(2)7-10(3,4)8-11;1-3-4(2)5;1-2/h8-9,20-21,24-26H,5-7,10-19H2,1-4H3;6,8H,5,7H2,1-4H3;3H,1-2H3;1-2H3/b23-8-;9-6-;4-3+;. The smallest absolute Gasteiger partial charge is 0.243 e. The Bertz CT molecular complexity index is 1720. The summed E-state index contributed by atoms with van der Waals surface area (Å²) in [7, 11) is 7.98. The zero-order valence-corrected chi connectivity index (χ0v) is 38.3. The third kappa shape index (κ3) is 7.49. The molecule has 5 fully saturated rings. The zero-order chi connectivity index (χ0) is 41.3. The second-order valence-electron chi connectivity index (χ2n) is 19.5. The van der Waals surface area contributed by atoms with Crippen molar-refractivity contribution in [2.24, 2.45) is 45.8 Å². The number of carbonyl (C=O) groups is 1. The molecule has 8 rings (SSSR count). The Morgan fingerprint density at radius 1 is 1.02 bits per heavy atom. The quantitative estimate of drug-likeness (QED) is 0.150. The summed E-state index contributed by atoms with van der Waals surface area (Å²) in [4.78, 5) is 10.5. The Kier molecular flexibility index (Phi) is 14.1. The maximum Gasteiger partial charge on any atom is 0.243 e. The molecule has 0 aliphatic heterocycles. The first-order valence-corrected chi connectivity index (χ1v) is 23.2. The highest BCUT2D eigenvalue weighted by molar-refractivity contribution is 6.29. The molecular weight excluding hydrogens is 707 g/mol. The van der Waals surface area contributed by atoms with Crippen molar-refractivity contribution in [2.45, 2.75) is 190 Å². The summed E-state index contributed by atoms with van der Waals surface area (Å²) in [6.07, 6.45) is 27.8. The van der Waals surface area contributed by atoms with E-state index in [0.29, 0.717) is 22.7 Å². The molecule has 1 aromatic heterocycles. The van der Waals surface area contributed by atoms with E-state index in [1.165, 1.54) is 67.2 Å². The van der Waals surface area contributed by atoms with Gasteiger partial charge in [0.1, 0.15) is 6.29 Å². The molecular formula is C50H76BClN2O2. The van der Waals surface area contributed by atoms with Crippen LogP contribution in [-0.4, -0.2) is 24.3 Å². The molecule has 2 spiro atoms. The Labute approximate surface area is 348 Å². The van der Waals surface area contributed by atoms with Crippen molar-refractivity contribution in [2.75, 3.05) is 0 Å². The second-order valence-corrected chi connectivity index (χ2v) is 20.1. The van der Waals surface area contributed by atoms with E-state index >= 15 is 0 Å². The Balaban J connectivity index is 0.000000282. The molecule has 7 aliphatic rings. The molecule has 0 amide bonds. The van der Waals surface area contributed by atoms with Gasteiger partial charge in [-0.2, -0.15) is 0 Å². The summed E-state index contributed by atoms with van der Waals surface area (Å²) < 4.78 is 6.69. The lowest BCUT2D eigenvalue weighted by Crippen LogP contribution is -2.48. The van der Waals surface area contributed by atoms with Crippen molar-refractivity contribution < 1.29 is 9.21 Å². The van der Waals surface area contributed by atoms with Gasteiger partial charge in [-0.15, -0.1) is 10.2 Å². The molecule has 5 saturated carbocycles. The molecule has 2 radical (unpaired) electrons. The summed E-state index contributed by atoms with van der Waals surface area (Å²) in [6.45, 7) is 25.5. The Morgan fingerprint density at radius 3 is 2.29 bits per heavy atom. The normalized spacial score (nSPS) is 36.2. The molecule has 8 unspecified atom stereocenters. The fraction of sp³-hybridized carbons (Fsp3) is 0.740. The van der Waals surface area contributed by atoms with Crippen LogP contribution in [0.1, 0.15) is 191 Å². The number of hydrogen-bond donors (Lipinski definition) is 0. The van der Waals surface area contributed by atoms with Gasteiger partial charge in [-0.1, -0.05) is 116 Å². The number of carbonyl (C=O) groups excluding carboxylic acids is 1. The molecule has 1 aromatic rings. The van der Waals surface area contributed by atoms with Gasteiger partial charge in [-0.3, -0.25) is 0 Å². The van der Waals surface area contributed by atoms with Gasteiger partial charge in [0.25, 0.3) is 0 Å². The lowest BCUT2D eigenvalue weighted by Gasteiger charge is -2.56. The molecule has 56 heavy (non-hydrogen) atoms. The highest BCUT2D eigenvalue weighted by Gasteiger charge is 2.87. The number of allylic oxidation sites excluding steroid dienone is 10. The van der Waals surface area contributed by atoms with Crippen LogP contribution in [0.3, 0.4) is 0 Å². The minimum Gasteiger partial charge on any atom is -0.420 e. The van der Waals surface area contributed by atoms with E-state index in [-0.39, 0.29) is 16.1 Å². The van der Waals surface area contributed by atoms with Crippen molar-refractivity contribution in [3.63, 3.8) is 0 Å².